The molecule has 0 aromatic heterocycles. The van der Waals surface area contributed by atoms with Crippen molar-refractivity contribution in [3.63, 3.8) is 0 Å². The molecule has 0 aliphatic rings. The third-order valence-corrected chi connectivity index (χ3v) is 2.57. The summed E-state index contributed by atoms with van der Waals surface area (Å²) in [5.74, 6) is -0.192. The quantitative estimate of drug-likeness (QED) is 0.722. The van der Waals surface area contributed by atoms with Gasteiger partial charge in [0.1, 0.15) is 5.75 Å². The van der Waals surface area contributed by atoms with Gasteiger partial charge in [-0.1, -0.05) is 26.0 Å². The molecule has 0 amide bonds. The van der Waals surface area contributed by atoms with Gasteiger partial charge in [-0.2, -0.15) is 0 Å². The molecule has 20 heavy (non-hydrogen) atoms. The number of halogens is 3. The highest BCUT2D eigenvalue weighted by molar-refractivity contribution is 5.27. The topological polar surface area (TPSA) is 33.3 Å². The van der Waals surface area contributed by atoms with E-state index in [0.29, 0.717) is 12.6 Å². The Morgan fingerprint density at radius 2 is 1.75 bits per heavy atom. The van der Waals surface area contributed by atoms with Crippen molar-refractivity contribution < 1.29 is 17.9 Å². The molecular formula is C14H21F3N2O. The number of ether oxygens (including phenoxy) is 1. The van der Waals surface area contributed by atoms with Crippen LogP contribution in [0, 0.1) is 0 Å². The van der Waals surface area contributed by atoms with Crippen LogP contribution in [-0.2, 0) is 6.54 Å². The molecule has 0 spiro atoms. The molecule has 0 heterocycles. The van der Waals surface area contributed by atoms with Crippen LogP contribution in [0.1, 0.15) is 25.8 Å². The van der Waals surface area contributed by atoms with E-state index in [2.05, 4.69) is 29.2 Å². The van der Waals surface area contributed by atoms with Crippen LogP contribution in [0.2, 0.25) is 0 Å². The number of rotatable bonds is 8. The Morgan fingerprint density at radius 3 is 2.30 bits per heavy atom. The molecule has 0 atom stereocenters. The smallest absolute Gasteiger partial charge is 0.406 e. The van der Waals surface area contributed by atoms with Crippen LogP contribution in [0.4, 0.5) is 13.2 Å². The molecule has 0 fully saturated rings. The first-order valence-corrected chi connectivity index (χ1v) is 6.65. The predicted octanol–water partition coefficient (Wildman–Crippen LogP) is 3.06. The van der Waals surface area contributed by atoms with E-state index in [1.807, 2.05) is 0 Å². The summed E-state index contributed by atoms with van der Waals surface area (Å²) in [5.41, 5.74) is 0.927. The molecule has 114 valence electrons. The van der Waals surface area contributed by atoms with E-state index in [9.17, 15) is 13.2 Å². The van der Waals surface area contributed by atoms with Gasteiger partial charge in [-0.05, 0) is 37.2 Å². The molecule has 1 aromatic carbocycles. The molecule has 0 saturated heterocycles. The third kappa shape index (κ3) is 8.01. The van der Waals surface area contributed by atoms with E-state index >= 15 is 0 Å². The highest BCUT2D eigenvalue weighted by Gasteiger charge is 2.30. The second-order valence-electron chi connectivity index (χ2n) is 4.83. The molecular weight excluding hydrogens is 269 g/mol. The van der Waals surface area contributed by atoms with E-state index in [1.165, 1.54) is 12.1 Å². The van der Waals surface area contributed by atoms with Crippen molar-refractivity contribution in [2.24, 2.45) is 0 Å². The maximum atomic E-state index is 12.0. The average molecular weight is 290 g/mol. The lowest BCUT2D eigenvalue weighted by Gasteiger charge is -2.10. The van der Waals surface area contributed by atoms with Crippen molar-refractivity contribution in [3.05, 3.63) is 29.8 Å². The van der Waals surface area contributed by atoms with Crippen LogP contribution in [0.3, 0.4) is 0 Å². The summed E-state index contributed by atoms with van der Waals surface area (Å²) < 4.78 is 39.7. The Morgan fingerprint density at radius 1 is 1.10 bits per heavy atom. The maximum absolute atomic E-state index is 12.0. The van der Waals surface area contributed by atoms with Gasteiger partial charge in [0.25, 0.3) is 0 Å². The molecule has 1 rings (SSSR count). The first kappa shape index (κ1) is 16.8. The van der Waals surface area contributed by atoms with Crippen LogP contribution in [-0.4, -0.2) is 25.5 Å². The molecule has 0 unspecified atom stereocenters. The van der Waals surface area contributed by atoms with Crippen molar-refractivity contribution in [1.82, 2.24) is 10.6 Å². The highest BCUT2D eigenvalue weighted by Crippen LogP contribution is 2.22. The molecule has 2 N–H and O–H groups in total. The van der Waals surface area contributed by atoms with Crippen molar-refractivity contribution in [3.8, 4) is 5.75 Å². The zero-order chi connectivity index (χ0) is 15.0. The van der Waals surface area contributed by atoms with Gasteiger partial charge in [0.2, 0.25) is 0 Å². The van der Waals surface area contributed by atoms with E-state index < -0.39 is 6.36 Å². The van der Waals surface area contributed by atoms with Gasteiger partial charge in [0.15, 0.2) is 0 Å². The Bertz CT molecular complexity index is 377. The number of alkyl halides is 3. The fourth-order valence-electron chi connectivity index (χ4n) is 1.65. The summed E-state index contributed by atoms with van der Waals surface area (Å²) in [4.78, 5) is 0. The van der Waals surface area contributed by atoms with E-state index in [4.69, 9.17) is 0 Å². The second-order valence-corrected chi connectivity index (χ2v) is 4.83. The molecule has 0 saturated carbocycles. The third-order valence-electron chi connectivity index (χ3n) is 2.57. The molecule has 1 aromatic rings. The van der Waals surface area contributed by atoms with Gasteiger partial charge in [0, 0.05) is 12.6 Å². The average Bonchev–Trinajstić information content (AvgIpc) is 2.33. The standard InChI is InChI=1S/C14H21F3N2O/c1-11(2)19-9-3-8-18-10-12-4-6-13(7-5-12)20-14(15,16)17/h4-7,11,18-19H,3,8-10H2,1-2H3. The lowest BCUT2D eigenvalue weighted by atomic mass is 10.2. The van der Waals surface area contributed by atoms with Crippen molar-refractivity contribution >= 4 is 0 Å². The Kier molecular flexibility index (Phi) is 6.81. The van der Waals surface area contributed by atoms with Crippen molar-refractivity contribution in [1.29, 1.82) is 0 Å². The molecule has 0 bridgehead atoms. The Balaban J connectivity index is 2.21. The normalized spacial score (nSPS) is 11.9. The SMILES string of the molecule is CC(C)NCCCNCc1ccc(OC(F)(F)F)cc1. The lowest BCUT2D eigenvalue weighted by Crippen LogP contribution is -2.26. The molecule has 0 aliphatic heterocycles. The second kappa shape index (κ2) is 8.11. The molecule has 3 nitrogen and oxygen atoms in total. The predicted molar refractivity (Wildman–Crippen MR) is 72.6 cm³/mol. The van der Waals surface area contributed by atoms with Gasteiger partial charge >= 0.3 is 6.36 Å². The van der Waals surface area contributed by atoms with Gasteiger partial charge < -0.3 is 15.4 Å². The number of hydrogen-bond acceptors (Lipinski definition) is 3. The minimum absolute atomic E-state index is 0.192. The summed E-state index contributed by atoms with van der Waals surface area (Å²) in [5, 5.41) is 6.55. The Hall–Kier alpha value is -1.27. The molecule has 6 heteroatoms. The van der Waals surface area contributed by atoms with Crippen molar-refractivity contribution in [2.45, 2.75) is 39.2 Å². The van der Waals surface area contributed by atoms with E-state index in [-0.39, 0.29) is 5.75 Å². The van der Waals surface area contributed by atoms with Crippen LogP contribution in [0.5, 0.6) is 5.75 Å². The van der Waals surface area contributed by atoms with Crippen LogP contribution >= 0.6 is 0 Å². The summed E-state index contributed by atoms with van der Waals surface area (Å²) >= 11 is 0. The number of nitrogens with one attached hydrogen (secondary N) is 2. The summed E-state index contributed by atoms with van der Waals surface area (Å²) in [6.07, 6.45) is -3.63. The van der Waals surface area contributed by atoms with Crippen LogP contribution in [0.15, 0.2) is 24.3 Å². The van der Waals surface area contributed by atoms with Gasteiger partial charge in [-0.3, -0.25) is 0 Å². The fourth-order valence-corrected chi connectivity index (χ4v) is 1.65. The van der Waals surface area contributed by atoms with Crippen LogP contribution in [0.25, 0.3) is 0 Å². The minimum atomic E-state index is -4.64. The first-order chi connectivity index (χ1) is 9.37. The zero-order valence-corrected chi connectivity index (χ0v) is 11.8. The summed E-state index contributed by atoms with van der Waals surface area (Å²) in [7, 11) is 0. The summed E-state index contributed by atoms with van der Waals surface area (Å²) in [6.45, 7) is 6.63. The Labute approximate surface area is 117 Å². The number of hydrogen-bond donors (Lipinski definition) is 2. The summed E-state index contributed by atoms with van der Waals surface area (Å²) in [6, 6.07) is 6.38. The van der Waals surface area contributed by atoms with Crippen LogP contribution < -0.4 is 15.4 Å². The molecule has 0 aliphatic carbocycles. The molecule has 0 radical (unpaired) electrons. The minimum Gasteiger partial charge on any atom is -0.406 e. The van der Waals surface area contributed by atoms with Crippen molar-refractivity contribution in [2.75, 3.05) is 13.1 Å². The zero-order valence-electron chi connectivity index (χ0n) is 11.8. The van der Waals surface area contributed by atoms with Gasteiger partial charge in [0.05, 0.1) is 0 Å². The van der Waals surface area contributed by atoms with E-state index in [1.54, 1.807) is 12.1 Å². The maximum Gasteiger partial charge on any atom is 0.573 e. The fraction of sp³-hybridized carbons (Fsp3) is 0.571. The first-order valence-electron chi connectivity index (χ1n) is 6.65. The number of benzene rings is 1. The van der Waals surface area contributed by atoms with Gasteiger partial charge in [-0.15, -0.1) is 13.2 Å². The van der Waals surface area contributed by atoms with Gasteiger partial charge in [-0.25, -0.2) is 0 Å². The van der Waals surface area contributed by atoms with E-state index in [0.717, 1.165) is 25.1 Å². The monoisotopic (exact) mass is 290 g/mol. The highest BCUT2D eigenvalue weighted by atomic mass is 19.4. The largest absolute Gasteiger partial charge is 0.573 e. The lowest BCUT2D eigenvalue weighted by molar-refractivity contribution is -0.274.